The van der Waals surface area contributed by atoms with E-state index in [9.17, 15) is 13.2 Å². The highest BCUT2D eigenvalue weighted by Gasteiger charge is 2.10. The average molecular weight is 325 g/mol. The number of nitrogens with one attached hydrogen (secondary N) is 1. The minimum Gasteiger partial charge on any atom is -0.321 e. The molecule has 1 aromatic heterocycles. The SMILES string of the molecule is CS(=O)(=O)c1ccc(NC(=O)c2cccc(CCl)c2)cn1. The number of anilines is 1. The third kappa shape index (κ3) is 4.03. The summed E-state index contributed by atoms with van der Waals surface area (Å²) in [5.74, 6) is 0.0158. The number of sulfone groups is 1. The highest BCUT2D eigenvalue weighted by atomic mass is 35.5. The minimum absolute atomic E-state index is 0.0374. The Kier molecular flexibility index (Phi) is 4.59. The van der Waals surface area contributed by atoms with Crippen molar-refractivity contribution in [2.75, 3.05) is 11.6 Å². The zero-order chi connectivity index (χ0) is 15.5. The summed E-state index contributed by atoms with van der Waals surface area (Å²) in [7, 11) is -3.35. The van der Waals surface area contributed by atoms with Crippen LogP contribution in [0.5, 0.6) is 0 Å². The van der Waals surface area contributed by atoms with Crippen LogP contribution in [0.25, 0.3) is 0 Å². The molecule has 21 heavy (non-hydrogen) atoms. The number of hydrogen-bond acceptors (Lipinski definition) is 4. The lowest BCUT2D eigenvalue weighted by atomic mass is 10.1. The fourth-order valence-corrected chi connectivity index (χ4v) is 2.40. The van der Waals surface area contributed by atoms with Gasteiger partial charge in [0.2, 0.25) is 0 Å². The third-order valence-electron chi connectivity index (χ3n) is 2.72. The van der Waals surface area contributed by atoms with Gasteiger partial charge >= 0.3 is 0 Å². The van der Waals surface area contributed by atoms with E-state index in [4.69, 9.17) is 11.6 Å². The number of amides is 1. The third-order valence-corrected chi connectivity index (χ3v) is 4.03. The zero-order valence-electron chi connectivity index (χ0n) is 11.2. The molecule has 2 rings (SSSR count). The predicted octanol–water partition coefficient (Wildman–Crippen LogP) is 2.48. The molecule has 2 aromatic rings. The number of nitrogens with zero attached hydrogens (tertiary/aromatic N) is 1. The number of hydrogen-bond donors (Lipinski definition) is 1. The summed E-state index contributed by atoms with van der Waals surface area (Å²) in [6, 6.07) is 9.78. The predicted molar refractivity (Wildman–Crippen MR) is 81.3 cm³/mol. The van der Waals surface area contributed by atoms with E-state index in [2.05, 4.69) is 10.3 Å². The second-order valence-electron chi connectivity index (χ2n) is 4.45. The van der Waals surface area contributed by atoms with Crippen LogP contribution in [0.4, 0.5) is 5.69 Å². The molecular formula is C14H13ClN2O3S. The van der Waals surface area contributed by atoms with Crippen molar-refractivity contribution in [3.8, 4) is 0 Å². The van der Waals surface area contributed by atoms with Gasteiger partial charge in [0.1, 0.15) is 0 Å². The second-order valence-corrected chi connectivity index (χ2v) is 6.68. The number of benzene rings is 1. The Labute approximate surface area is 127 Å². The molecule has 0 radical (unpaired) electrons. The standard InChI is InChI=1S/C14H13ClN2O3S/c1-21(19,20)13-6-5-12(9-16-13)17-14(18)11-4-2-3-10(7-11)8-15/h2-7,9H,8H2,1H3,(H,17,18). The number of carbonyl (C=O) groups excluding carboxylic acids is 1. The van der Waals surface area contributed by atoms with Crippen molar-refractivity contribution in [2.45, 2.75) is 10.9 Å². The zero-order valence-corrected chi connectivity index (χ0v) is 12.8. The highest BCUT2D eigenvalue weighted by molar-refractivity contribution is 7.90. The summed E-state index contributed by atoms with van der Waals surface area (Å²) in [4.78, 5) is 15.9. The van der Waals surface area contributed by atoms with Gasteiger partial charge in [-0.15, -0.1) is 11.6 Å². The molecule has 0 aliphatic carbocycles. The lowest BCUT2D eigenvalue weighted by Crippen LogP contribution is -2.12. The molecule has 5 nitrogen and oxygen atoms in total. The van der Waals surface area contributed by atoms with Gasteiger partial charge < -0.3 is 5.32 Å². The summed E-state index contributed by atoms with van der Waals surface area (Å²) in [5, 5.41) is 2.61. The fourth-order valence-electron chi connectivity index (χ4n) is 1.67. The van der Waals surface area contributed by atoms with Gasteiger partial charge in [0, 0.05) is 17.7 Å². The number of carbonyl (C=O) groups is 1. The lowest BCUT2D eigenvalue weighted by molar-refractivity contribution is 0.102. The molecule has 110 valence electrons. The van der Waals surface area contributed by atoms with Crippen molar-refractivity contribution in [3.05, 3.63) is 53.7 Å². The van der Waals surface area contributed by atoms with Gasteiger partial charge in [-0.1, -0.05) is 12.1 Å². The van der Waals surface area contributed by atoms with Crippen LogP contribution < -0.4 is 5.32 Å². The summed E-state index contributed by atoms with van der Waals surface area (Å²) in [6.45, 7) is 0. The molecule has 0 saturated carbocycles. The Balaban J connectivity index is 2.16. The van der Waals surface area contributed by atoms with Gasteiger partial charge in [0.25, 0.3) is 5.91 Å². The molecule has 0 unspecified atom stereocenters. The average Bonchev–Trinajstić information content (AvgIpc) is 2.47. The summed E-state index contributed by atoms with van der Waals surface area (Å²) in [6.07, 6.45) is 2.38. The maximum Gasteiger partial charge on any atom is 0.255 e. The topological polar surface area (TPSA) is 76.1 Å². The van der Waals surface area contributed by atoms with E-state index in [0.717, 1.165) is 11.8 Å². The quantitative estimate of drug-likeness (QED) is 0.877. The van der Waals surface area contributed by atoms with Crippen molar-refractivity contribution < 1.29 is 13.2 Å². The van der Waals surface area contributed by atoms with Crippen LogP contribution in [0, 0.1) is 0 Å². The maximum atomic E-state index is 12.1. The smallest absolute Gasteiger partial charge is 0.255 e. The van der Waals surface area contributed by atoms with Gasteiger partial charge in [-0.2, -0.15) is 0 Å². The van der Waals surface area contributed by atoms with Crippen LogP contribution >= 0.6 is 11.6 Å². The fraction of sp³-hybridized carbons (Fsp3) is 0.143. The Morgan fingerprint density at radius 3 is 2.62 bits per heavy atom. The molecule has 1 N–H and O–H groups in total. The lowest BCUT2D eigenvalue weighted by Gasteiger charge is -2.06. The van der Waals surface area contributed by atoms with E-state index in [-0.39, 0.29) is 10.9 Å². The molecule has 0 aliphatic heterocycles. The molecule has 0 bridgehead atoms. The van der Waals surface area contributed by atoms with Crippen LogP contribution in [-0.2, 0) is 15.7 Å². The molecule has 0 spiro atoms. The number of aromatic nitrogens is 1. The van der Waals surface area contributed by atoms with Crippen LogP contribution in [0.3, 0.4) is 0 Å². The minimum atomic E-state index is -3.35. The van der Waals surface area contributed by atoms with Crippen molar-refractivity contribution >= 4 is 33.0 Å². The van der Waals surface area contributed by atoms with Gasteiger partial charge in [0.05, 0.1) is 11.9 Å². The first-order valence-corrected chi connectivity index (χ1v) is 8.45. The molecule has 0 aliphatic rings. The molecule has 0 fully saturated rings. The van der Waals surface area contributed by atoms with Crippen LogP contribution in [0.15, 0.2) is 47.6 Å². The van der Waals surface area contributed by atoms with Crippen LogP contribution in [0.2, 0.25) is 0 Å². The largest absolute Gasteiger partial charge is 0.321 e. The van der Waals surface area contributed by atoms with E-state index in [0.29, 0.717) is 17.1 Å². The summed E-state index contributed by atoms with van der Waals surface area (Å²) < 4.78 is 22.6. The normalized spacial score (nSPS) is 11.1. The van der Waals surface area contributed by atoms with Crippen LogP contribution in [0.1, 0.15) is 15.9 Å². The number of rotatable bonds is 4. The summed E-state index contributed by atoms with van der Waals surface area (Å²) in [5.41, 5.74) is 1.74. The first kappa shape index (κ1) is 15.5. The van der Waals surface area contributed by atoms with Gasteiger partial charge in [-0.25, -0.2) is 13.4 Å². The van der Waals surface area contributed by atoms with Gasteiger partial charge in [0.15, 0.2) is 14.9 Å². The highest BCUT2D eigenvalue weighted by Crippen LogP contribution is 2.13. The Hall–Kier alpha value is -1.92. The van der Waals surface area contributed by atoms with E-state index in [1.54, 1.807) is 18.2 Å². The first-order valence-electron chi connectivity index (χ1n) is 6.02. The van der Waals surface area contributed by atoms with Gasteiger partial charge in [-0.05, 0) is 29.8 Å². The molecule has 1 amide bonds. The molecule has 1 heterocycles. The number of pyridine rings is 1. The monoisotopic (exact) mass is 324 g/mol. The second kappa shape index (κ2) is 6.24. The Bertz CT molecular complexity index is 758. The maximum absolute atomic E-state index is 12.1. The van der Waals surface area contributed by atoms with Gasteiger partial charge in [-0.3, -0.25) is 4.79 Å². The molecule has 0 atom stereocenters. The van der Waals surface area contributed by atoms with Crippen molar-refractivity contribution in [1.29, 1.82) is 0 Å². The van der Waals surface area contributed by atoms with E-state index >= 15 is 0 Å². The molecule has 0 saturated heterocycles. The Morgan fingerprint density at radius 2 is 2.05 bits per heavy atom. The Morgan fingerprint density at radius 1 is 1.29 bits per heavy atom. The number of alkyl halides is 1. The summed E-state index contributed by atoms with van der Waals surface area (Å²) >= 11 is 5.73. The van der Waals surface area contributed by atoms with E-state index in [1.165, 1.54) is 18.3 Å². The number of halogens is 1. The van der Waals surface area contributed by atoms with Crippen molar-refractivity contribution in [2.24, 2.45) is 0 Å². The first-order chi connectivity index (χ1) is 9.90. The van der Waals surface area contributed by atoms with E-state index in [1.807, 2.05) is 6.07 Å². The van der Waals surface area contributed by atoms with E-state index < -0.39 is 9.84 Å². The van der Waals surface area contributed by atoms with Crippen LogP contribution in [-0.4, -0.2) is 25.6 Å². The molecule has 1 aromatic carbocycles. The van der Waals surface area contributed by atoms with Crippen molar-refractivity contribution in [1.82, 2.24) is 4.98 Å². The molecular weight excluding hydrogens is 312 g/mol. The molecule has 7 heteroatoms. The van der Waals surface area contributed by atoms with Crippen molar-refractivity contribution in [3.63, 3.8) is 0 Å².